The van der Waals surface area contributed by atoms with Crippen molar-refractivity contribution in [1.29, 1.82) is 0 Å². The molecular weight excluding hydrogens is 448 g/mol. The number of amides is 1. The van der Waals surface area contributed by atoms with Gasteiger partial charge >= 0.3 is 5.97 Å². The van der Waals surface area contributed by atoms with Crippen LogP contribution >= 0.6 is 11.3 Å². The van der Waals surface area contributed by atoms with Crippen molar-refractivity contribution in [1.82, 2.24) is 4.90 Å². The maximum absolute atomic E-state index is 12.6. The maximum Gasteiger partial charge on any atom is 0.341 e. The number of ether oxygens (including phenoxy) is 1. The van der Waals surface area contributed by atoms with Gasteiger partial charge in [-0.15, -0.1) is 11.3 Å². The predicted octanol–water partition coefficient (Wildman–Crippen LogP) is 3.80. The van der Waals surface area contributed by atoms with Crippen LogP contribution < -0.4 is 5.32 Å². The number of benzene rings is 1. The summed E-state index contributed by atoms with van der Waals surface area (Å²) in [5.74, 6) is -0.873. The summed E-state index contributed by atoms with van der Waals surface area (Å²) in [5.41, 5.74) is 2.37. The molecule has 1 aromatic carbocycles. The van der Waals surface area contributed by atoms with Gasteiger partial charge in [-0.3, -0.25) is 9.69 Å². The first kappa shape index (κ1) is 24.4. The van der Waals surface area contributed by atoms with Crippen molar-refractivity contribution in [2.75, 3.05) is 31.3 Å². The van der Waals surface area contributed by atoms with E-state index < -0.39 is 15.8 Å². The van der Waals surface area contributed by atoms with Gasteiger partial charge in [0.25, 0.3) is 0 Å². The van der Waals surface area contributed by atoms with Crippen LogP contribution in [0.25, 0.3) is 0 Å². The van der Waals surface area contributed by atoms with E-state index in [1.54, 1.807) is 24.3 Å². The zero-order chi connectivity index (χ0) is 23.3. The highest BCUT2D eigenvalue weighted by Crippen LogP contribution is 2.37. The van der Waals surface area contributed by atoms with Gasteiger partial charge in [-0.2, -0.15) is 0 Å². The lowest BCUT2D eigenvalue weighted by Crippen LogP contribution is -2.30. The van der Waals surface area contributed by atoms with Crippen molar-refractivity contribution in [3.05, 3.63) is 45.8 Å². The number of nitrogens with zero attached hydrogens (tertiary/aromatic N) is 1. The molecule has 0 unspecified atom stereocenters. The largest absolute Gasteiger partial charge is 0.465 e. The molecule has 0 atom stereocenters. The van der Waals surface area contributed by atoms with Crippen LogP contribution in [-0.2, 0) is 32.3 Å². The molecule has 2 heterocycles. The number of thiophene rings is 1. The van der Waals surface area contributed by atoms with Gasteiger partial charge in [0.2, 0.25) is 5.91 Å². The van der Waals surface area contributed by atoms with E-state index >= 15 is 0 Å². The highest BCUT2D eigenvalue weighted by Gasteiger charge is 2.29. The Balaban J connectivity index is 1.65. The van der Waals surface area contributed by atoms with E-state index in [-0.39, 0.29) is 29.4 Å². The van der Waals surface area contributed by atoms with E-state index in [2.05, 4.69) is 17.1 Å². The normalized spacial score (nSPS) is 14.1. The zero-order valence-corrected chi connectivity index (χ0v) is 20.4. The van der Waals surface area contributed by atoms with Crippen molar-refractivity contribution in [3.8, 4) is 0 Å². The van der Waals surface area contributed by atoms with Gasteiger partial charge in [0.15, 0.2) is 9.84 Å². The van der Waals surface area contributed by atoms with Crippen LogP contribution in [0.5, 0.6) is 0 Å². The summed E-state index contributed by atoms with van der Waals surface area (Å²) in [5, 5.41) is 3.32. The molecule has 0 aliphatic carbocycles. The van der Waals surface area contributed by atoms with Crippen molar-refractivity contribution in [2.45, 2.75) is 51.0 Å². The maximum atomic E-state index is 12.6. The van der Waals surface area contributed by atoms with Gasteiger partial charge in [0.1, 0.15) is 5.00 Å². The zero-order valence-electron chi connectivity index (χ0n) is 18.8. The smallest absolute Gasteiger partial charge is 0.341 e. The Hall–Kier alpha value is -2.23. The minimum absolute atomic E-state index is 0.0518. The monoisotopic (exact) mass is 478 g/mol. The Kier molecular flexibility index (Phi) is 8.08. The molecular formula is C23H30N2O5S2. The van der Waals surface area contributed by atoms with Gasteiger partial charge in [-0.1, -0.05) is 24.6 Å². The first-order chi connectivity index (χ1) is 15.2. The van der Waals surface area contributed by atoms with E-state index in [1.807, 2.05) is 6.92 Å². The molecule has 1 N–H and O–H groups in total. The van der Waals surface area contributed by atoms with Crippen LogP contribution in [0.1, 0.15) is 52.5 Å². The summed E-state index contributed by atoms with van der Waals surface area (Å²) >= 11 is 1.41. The van der Waals surface area contributed by atoms with Crippen LogP contribution in [0.2, 0.25) is 0 Å². The molecule has 0 bridgehead atoms. The molecule has 32 heavy (non-hydrogen) atoms. The average molecular weight is 479 g/mol. The summed E-state index contributed by atoms with van der Waals surface area (Å²) in [4.78, 5) is 28.7. The van der Waals surface area contributed by atoms with Crippen LogP contribution in [0.15, 0.2) is 29.2 Å². The lowest BCUT2D eigenvalue weighted by Gasteiger charge is -2.26. The third-order valence-corrected chi connectivity index (χ3v) is 8.46. The van der Waals surface area contributed by atoms with Gasteiger partial charge in [-0.05, 0) is 50.4 Å². The van der Waals surface area contributed by atoms with Crippen molar-refractivity contribution < 1.29 is 22.7 Å². The number of hydrogen-bond acceptors (Lipinski definition) is 7. The van der Waals surface area contributed by atoms with Gasteiger partial charge in [0.05, 0.1) is 23.3 Å². The standard InChI is InChI=1S/C23H30N2O5S2/c1-4-12-25-13-11-18-19(15-25)31-22(21(18)23(27)30-3)24-20(26)6-5-14-32(28,29)17-9-7-16(2)8-10-17/h7-10H,4-6,11-15H2,1-3H3,(H,24,26). The number of carbonyl (C=O) groups is 2. The fourth-order valence-corrected chi connectivity index (χ4v) is 6.45. The van der Waals surface area contributed by atoms with Crippen LogP contribution in [0, 0.1) is 6.92 Å². The van der Waals surface area contributed by atoms with Gasteiger partial charge in [-0.25, -0.2) is 13.2 Å². The lowest BCUT2D eigenvalue weighted by atomic mass is 10.0. The van der Waals surface area contributed by atoms with Crippen LogP contribution in [0.4, 0.5) is 5.00 Å². The van der Waals surface area contributed by atoms with E-state index in [0.29, 0.717) is 10.6 Å². The minimum atomic E-state index is -3.44. The number of sulfone groups is 1. The van der Waals surface area contributed by atoms with Crippen molar-refractivity contribution in [3.63, 3.8) is 0 Å². The molecule has 9 heteroatoms. The molecule has 1 aromatic heterocycles. The molecule has 2 aromatic rings. The quantitative estimate of drug-likeness (QED) is 0.551. The molecule has 0 spiro atoms. The number of nitrogens with one attached hydrogen (secondary N) is 1. The summed E-state index contributed by atoms with van der Waals surface area (Å²) in [6.07, 6.45) is 2.04. The SMILES string of the molecule is CCCN1CCc2c(sc(NC(=O)CCCS(=O)(=O)c3ccc(C)cc3)c2C(=O)OC)C1. The van der Waals surface area contributed by atoms with Crippen LogP contribution in [0.3, 0.4) is 0 Å². The first-order valence-corrected chi connectivity index (χ1v) is 13.3. The third kappa shape index (κ3) is 5.76. The molecule has 1 amide bonds. The number of esters is 1. The second-order valence-corrected chi connectivity index (χ2v) is 11.2. The summed E-state index contributed by atoms with van der Waals surface area (Å²) in [7, 11) is -2.11. The van der Waals surface area contributed by atoms with Crippen LogP contribution in [-0.4, -0.2) is 51.1 Å². The van der Waals surface area contributed by atoms with E-state index in [9.17, 15) is 18.0 Å². The van der Waals surface area contributed by atoms with Gasteiger partial charge < -0.3 is 10.1 Å². The van der Waals surface area contributed by atoms with Crippen molar-refractivity contribution in [2.24, 2.45) is 0 Å². The third-order valence-electron chi connectivity index (χ3n) is 5.52. The number of aryl methyl sites for hydroxylation is 1. The molecule has 0 saturated heterocycles. The second-order valence-electron chi connectivity index (χ2n) is 8.01. The topological polar surface area (TPSA) is 92.8 Å². The second kappa shape index (κ2) is 10.6. The fourth-order valence-electron chi connectivity index (χ4n) is 3.84. The molecule has 0 saturated carbocycles. The number of carbonyl (C=O) groups excluding carboxylic acids is 2. The van der Waals surface area contributed by atoms with E-state index in [0.717, 1.165) is 48.5 Å². The molecule has 3 rings (SSSR count). The first-order valence-electron chi connectivity index (χ1n) is 10.8. The molecule has 1 aliphatic rings. The number of rotatable bonds is 9. The Bertz CT molecular complexity index is 1070. The Labute approximate surface area is 193 Å². The van der Waals surface area contributed by atoms with E-state index in [4.69, 9.17) is 4.74 Å². The number of methoxy groups -OCH3 is 1. The molecule has 174 valence electrons. The molecule has 1 aliphatic heterocycles. The van der Waals surface area contributed by atoms with E-state index in [1.165, 1.54) is 18.4 Å². The average Bonchev–Trinajstić information content (AvgIpc) is 3.10. The molecule has 0 radical (unpaired) electrons. The number of anilines is 1. The Morgan fingerprint density at radius 3 is 2.59 bits per heavy atom. The molecule has 7 nitrogen and oxygen atoms in total. The summed E-state index contributed by atoms with van der Waals surface area (Å²) < 4.78 is 29.9. The highest BCUT2D eigenvalue weighted by atomic mass is 32.2. The highest BCUT2D eigenvalue weighted by molar-refractivity contribution is 7.91. The number of hydrogen-bond donors (Lipinski definition) is 1. The Morgan fingerprint density at radius 2 is 1.94 bits per heavy atom. The minimum Gasteiger partial charge on any atom is -0.465 e. The predicted molar refractivity (Wildman–Crippen MR) is 126 cm³/mol. The Morgan fingerprint density at radius 1 is 1.22 bits per heavy atom. The fraction of sp³-hybridized carbons (Fsp3) is 0.478. The summed E-state index contributed by atoms with van der Waals surface area (Å²) in [6.45, 7) is 6.64. The van der Waals surface area contributed by atoms with Gasteiger partial charge in [0, 0.05) is 24.4 Å². The van der Waals surface area contributed by atoms with Crippen molar-refractivity contribution >= 4 is 38.1 Å². The molecule has 0 fully saturated rings. The summed E-state index contributed by atoms with van der Waals surface area (Å²) in [6, 6.07) is 6.69. The lowest BCUT2D eigenvalue weighted by molar-refractivity contribution is -0.116. The number of fused-ring (bicyclic) bond motifs is 1.